The third kappa shape index (κ3) is 2.30. The van der Waals surface area contributed by atoms with Crippen LogP contribution in [0.15, 0.2) is 54.9 Å². The number of aromatic hydroxyl groups is 1. The first-order valence-corrected chi connectivity index (χ1v) is 6.45. The first-order chi connectivity index (χ1) is 9.78. The van der Waals surface area contributed by atoms with Gasteiger partial charge in [0.05, 0.1) is 7.11 Å². The molecule has 0 aliphatic carbocycles. The monoisotopic (exact) mass is 265 g/mol. The van der Waals surface area contributed by atoms with E-state index in [0.717, 1.165) is 22.8 Å². The van der Waals surface area contributed by atoms with Crippen molar-refractivity contribution in [3.63, 3.8) is 0 Å². The summed E-state index contributed by atoms with van der Waals surface area (Å²) < 4.78 is 5.13. The van der Waals surface area contributed by atoms with Crippen molar-refractivity contribution in [2.24, 2.45) is 0 Å². The lowest BCUT2D eigenvalue weighted by Crippen LogP contribution is -1.92. The number of fused-ring (bicyclic) bond motifs is 1. The van der Waals surface area contributed by atoms with E-state index in [1.54, 1.807) is 19.4 Å². The Morgan fingerprint density at radius 1 is 1.10 bits per heavy atom. The molecule has 0 fully saturated rings. The van der Waals surface area contributed by atoms with E-state index < -0.39 is 0 Å². The van der Waals surface area contributed by atoms with Gasteiger partial charge in [-0.25, -0.2) is 0 Å². The van der Waals surface area contributed by atoms with Crippen molar-refractivity contribution >= 4 is 10.8 Å². The Kier molecular flexibility index (Phi) is 3.25. The van der Waals surface area contributed by atoms with Crippen molar-refractivity contribution in [2.75, 3.05) is 7.11 Å². The van der Waals surface area contributed by atoms with Gasteiger partial charge < -0.3 is 9.84 Å². The summed E-state index contributed by atoms with van der Waals surface area (Å²) in [5.74, 6) is 0.622. The maximum absolute atomic E-state index is 9.95. The number of aromatic nitrogens is 1. The molecule has 0 radical (unpaired) electrons. The third-order valence-corrected chi connectivity index (χ3v) is 3.38. The van der Waals surface area contributed by atoms with Crippen LogP contribution in [0.2, 0.25) is 0 Å². The minimum Gasteiger partial charge on any atom is -0.504 e. The molecule has 0 saturated carbocycles. The molecule has 0 aliphatic heterocycles. The number of phenolic OH excluding ortho intramolecular Hbond substituents is 1. The van der Waals surface area contributed by atoms with Gasteiger partial charge in [-0.1, -0.05) is 30.3 Å². The first kappa shape index (κ1) is 12.5. The fourth-order valence-corrected chi connectivity index (χ4v) is 2.37. The molecule has 0 saturated heterocycles. The molecule has 3 aromatic rings. The summed E-state index contributed by atoms with van der Waals surface area (Å²) >= 11 is 0. The molecule has 100 valence electrons. The molecule has 0 spiro atoms. The number of hydrogen-bond acceptors (Lipinski definition) is 3. The van der Waals surface area contributed by atoms with Crippen LogP contribution in [-0.2, 0) is 6.42 Å². The SMILES string of the molecule is COc1cc2cncc(Cc3ccccc3)c2cc1O. The van der Waals surface area contributed by atoms with Crippen molar-refractivity contribution < 1.29 is 9.84 Å². The van der Waals surface area contributed by atoms with Crippen molar-refractivity contribution in [1.29, 1.82) is 0 Å². The lowest BCUT2D eigenvalue weighted by Gasteiger charge is -2.09. The third-order valence-electron chi connectivity index (χ3n) is 3.38. The van der Waals surface area contributed by atoms with Gasteiger partial charge in [0, 0.05) is 17.8 Å². The van der Waals surface area contributed by atoms with Crippen molar-refractivity contribution in [3.05, 3.63) is 66.0 Å². The van der Waals surface area contributed by atoms with Gasteiger partial charge in [0.25, 0.3) is 0 Å². The van der Waals surface area contributed by atoms with Crippen molar-refractivity contribution in [1.82, 2.24) is 4.98 Å². The van der Waals surface area contributed by atoms with Crippen molar-refractivity contribution in [3.8, 4) is 11.5 Å². The maximum atomic E-state index is 9.95. The van der Waals surface area contributed by atoms with Crippen LogP contribution in [-0.4, -0.2) is 17.2 Å². The van der Waals surface area contributed by atoms with E-state index in [1.807, 2.05) is 30.5 Å². The van der Waals surface area contributed by atoms with Gasteiger partial charge in [0.15, 0.2) is 11.5 Å². The van der Waals surface area contributed by atoms with E-state index >= 15 is 0 Å². The first-order valence-electron chi connectivity index (χ1n) is 6.45. The fourth-order valence-electron chi connectivity index (χ4n) is 2.37. The molecule has 3 nitrogen and oxygen atoms in total. The Labute approximate surface area is 117 Å². The topological polar surface area (TPSA) is 42.4 Å². The number of rotatable bonds is 3. The second-order valence-corrected chi connectivity index (χ2v) is 4.71. The van der Waals surface area contributed by atoms with E-state index in [0.29, 0.717) is 5.75 Å². The summed E-state index contributed by atoms with van der Waals surface area (Å²) in [7, 11) is 1.54. The number of benzene rings is 2. The van der Waals surface area contributed by atoms with Crippen LogP contribution in [0.25, 0.3) is 10.8 Å². The van der Waals surface area contributed by atoms with Gasteiger partial charge >= 0.3 is 0 Å². The summed E-state index contributed by atoms with van der Waals surface area (Å²) in [6.45, 7) is 0. The number of ether oxygens (including phenoxy) is 1. The Morgan fingerprint density at radius 3 is 2.65 bits per heavy atom. The summed E-state index contributed by atoms with van der Waals surface area (Å²) in [4.78, 5) is 4.28. The highest BCUT2D eigenvalue weighted by molar-refractivity contribution is 5.88. The molecular weight excluding hydrogens is 250 g/mol. The molecule has 0 aliphatic rings. The summed E-state index contributed by atoms with van der Waals surface area (Å²) in [6, 6.07) is 13.8. The normalized spacial score (nSPS) is 10.7. The zero-order valence-corrected chi connectivity index (χ0v) is 11.2. The predicted molar refractivity (Wildman–Crippen MR) is 79.2 cm³/mol. The van der Waals surface area contributed by atoms with E-state index in [1.165, 1.54) is 5.56 Å². The highest BCUT2D eigenvalue weighted by Gasteiger charge is 2.08. The molecular formula is C17H15NO2. The van der Waals surface area contributed by atoms with Gasteiger partial charge in [-0.3, -0.25) is 4.98 Å². The van der Waals surface area contributed by atoms with Crippen LogP contribution in [0.4, 0.5) is 0 Å². The maximum Gasteiger partial charge on any atom is 0.161 e. The quantitative estimate of drug-likeness (QED) is 0.787. The molecule has 20 heavy (non-hydrogen) atoms. The highest BCUT2D eigenvalue weighted by atomic mass is 16.5. The van der Waals surface area contributed by atoms with Gasteiger partial charge in [-0.15, -0.1) is 0 Å². The van der Waals surface area contributed by atoms with Crippen LogP contribution in [0.3, 0.4) is 0 Å². The van der Waals surface area contributed by atoms with E-state index in [2.05, 4.69) is 17.1 Å². The molecule has 3 heteroatoms. The van der Waals surface area contributed by atoms with Crippen LogP contribution in [0.1, 0.15) is 11.1 Å². The number of nitrogens with zero attached hydrogens (tertiary/aromatic N) is 1. The molecule has 1 heterocycles. The van der Waals surface area contributed by atoms with Gasteiger partial charge in [-0.2, -0.15) is 0 Å². The van der Waals surface area contributed by atoms with Crippen molar-refractivity contribution in [2.45, 2.75) is 6.42 Å². The van der Waals surface area contributed by atoms with Gasteiger partial charge in [0.2, 0.25) is 0 Å². The largest absolute Gasteiger partial charge is 0.504 e. The molecule has 0 bridgehead atoms. The Hall–Kier alpha value is -2.55. The highest BCUT2D eigenvalue weighted by Crippen LogP contribution is 2.32. The van der Waals surface area contributed by atoms with Crippen LogP contribution in [0.5, 0.6) is 11.5 Å². The minimum absolute atomic E-state index is 0.153. The second-order valence-electron chi connectivity index (χ2n) is 4.71. The lowest BCUT2D eigenvalue weighted by molar-refractivity contribution is 0.374. The summed E-state index contributed by atoms with van der Waals surface area (Å²) in [5, 5.41) is 11.9. The zero-order chi connectivity index (χ0) is 13.9. The van der Waals surface area contributed by atoms with Gasteiger partial charge in [-0.05, 0) is 35.1 Å². The molecule has 1 N–H and O–H groups in total. The van der Waals surface area contributed by atoms with E-state index in [9.17, 15) is 5.11 Å². The van der Waals surface area contributed by atoms with E-state index in [4.69, 9.17) is 4.74 Å². The Morgan fingerprint density at radius 2 is 1.90 bits per heavy atom. The Balaban J connectivity index is 2.09. The Bertz CT molecular complexity index is 739. The standard InChI is InChI=1S/C17H15NO2/c1-20-17-8-14-11-18-10-13(15(14)9-16(17)19)7-12-5-3-2-4-6-12/h2-6,8-11,19H,7H2,1H3. The molecule has 0 amide bonds. The average molecular weight is 265 g/mol. The summed E-state index contributed by atoms with van der Waals surface area (Å²) in [5.41, 5.74) is 2.31. The van der Waals surface area contributed by atoms with E-state index in [-0.39, 0.29) is 5.75 Å². The minimum atomic E-state index is 0.153. The zero-order valence-electron chi connectivity index (χ0n) is 11.2. The number of methoxy groups -OCH3 is 1. The number of hydrogen-bond donors (Lipinski definition) is 1. The molecule has 3 rings (SSSR count). The van der Waals surface area contributed by atoms with Crippen LogP contribution >= 0.6 is 0 Å². The van der Waals surface area contributed by atoms with Crippen LogP contribution in [0, 0.1) is 0 Å². The molecule has 0 unspecified atom stereocenters. The molecule has 1 aromatic heterocycles. The van der Waals surface area contributed by atoms with Crippen LogP contribution < -0.4 is 4.74 Å². The number of phenols is 1. The average Bonchev–Trinajstić information content (AvgIpc) is 2.48. The molecule has 0 atom stereocenters. The summed E-state index contributed by atoms with van der Waals surface area (Å²) in [6.07, 6.45) is 4.42. The number of pyridine rings is 1. The predicted octanol–water partition coefficient (Wildman–Crippen LogP) is 3.54. The molecule has 2 aromatic carbocycles. The smallest absolute Gasteiger partial charge is 0.161 e. The van der Waals surface area contributed by atoms with Gasteiger partial charge in [0.1, 0.15) is 0 Å². The fraction of sp³-hybridized carbons (Fsp3) is 0.118. The second kappa shape index (κ2) is 5.21. The lowest BCUT2D eigenvalue weighted by atomic mass is 10.0.